The summed E-state index contributed by atoms with van der Waals surface area (Å²) in [6, 6.07) is 8.70. The van der Waals surface area contributed by atoms with Gasteiger partial charge in [-0.3, -0.25) is 0 Å². The molecule has 0 aliphatic carbocycles. The number of likely N-dealkylation sites (N-methyl/N-ethyl adjacent to an activating group) is 1. The summed E-state index contributed by atoms with van der Waals surface area (Å²) in [6.45, 7) is 1.79. The Bertz CT molecular complexity index is 815. The summed E-state index contributed by atoms with van der Waals surface area (Å²) in [5.74, 6) is 0.788. The molecule has 0 unspecified atom stereocenters. The first-order valence-corrected chi connectivity index (χ1v) is 9.54. The lowest BCUT2D eigenvalue weighted by molar-refractivity contribution is -0.137. The smallest absolute Gasteiger partial charge is 0.353 e. The van der Waals surface area contributed by atoms with Crippen molar-refractivity contribution in [1.29, 1.82) is 0 Å². The molecule has 6 nitrogen and oxygen atoms in total. The van der Waals surface area contributed by atoms with Crippen LogP contribution in [0.5, 0.6) is 0 Å². The molecule has 1 atom stereocenters. The molecule has 0 bridgehead atoms. The molecule has 0 spiro atoms. The van der Waals surface area contributed by atoms with Crippen LogP contribution in [0.4, 0.5) is 23.8 Å². The molecule has 1 saturated heterocycles. The van der Waals surface area contributed by atoms with Gasteiger partial charge >= 0.3 is 12.2 Å². The lowest BCUT2D eigenvalue weighted by Crippen LogP contribution is -2.51. The molecule has 1 fully saturated rings. The average molecular weight is 407 g/mol. The fourth-order valence-electron chi connectivity index (χ4n) is 3.45. The summed E-state index contributed by atoms with van der Waals surface area (Å²) in [7, 11) is 1.74. The Labute approximate surface area is 167 Å². The van der Waals surface area contributed by atoms with E-state index in [0.29, 0.717) is 18.5 Å². The van der Waals surface area contributed by atoms with Gasteiger partial charge in [0.15, 0.2) is 5.82 Å². The van der Waals surface area contributed by atoms with Gasteiger partial charge in [0.25, 0.3) is 0 Å². The Balaban J connectivity index is 1.50. The lowest BCUT2D eigenvalue weighted by atomic mass is 10.0. The molecular formula is C20H24F3N5O. The standard InChI is InChI=1S/C20H24F3N5O/c1-27(17-7-4-12-28(14-17)18-8-3-10-25-26-18)19(29)24-11-9-15-5-2-6-16(13-15)20(21,22)23/h2-3,5-6,8,10,13,17H,4,7,9,11-12,14H2,1H3,(H,24,29)/t17-/m1/s1. The summed E-state index contributed by atoms with van der Waals surface area (Å²) in [4.78, 5) is 16.3. The van der Waals surface area contributed by atoms with Crippen molar-refractivity contribution in [3.05, 3.63) is 53.7 Å². The Morgan fingerprint density at radius 3 is 2.86 bits per heavy atom. The molecule has 1 aliphatic heterocycles. The normalized spacial score (nSPS) is 17.1. The Hall–Kier alpha value is -2.84. The van der Waals surface area contributed by atoms with Crippen LogP contribution in [-0.2, 0) is 12.6 Å². The van der Waals surface area contributed by atoms with E-state index in [4.69, 9.17) is 0 Å². The largest absolute Gasteiger partial charge is 0.416 e. The third-order valence-electron chi connectivity index (χ3n) is 5.09. The zero-order valence-electron chi connectivity index (χ0n) is 16.2. The molecule has 2 amide bonds. The third-order valence-corrected chi connectivity index (χ3v) is 5.09. The van der Waals surface area contributed by atoms with Crippen molar-refractivity contribution < 1.29 is 18.0 Å². The van der Waals surface area contributed by atoms with Gasteiger partial charge in [-0.25, -0.2) is 4.79 Å². The molecule has 0 saturated carbocycles. The second-order valence-corrected chi connectivity index (χ2v) is 7.11. The van der Waals surface area contributed by atoms with Gasteiger partial charge in [-0.15, -0.1) is 5.10 Å². The fraction of sp³-hybridized carbons (Fsp3) is 0.450. The number of nitrogens with zero attached hydrogens (tertiary/aromatic N) is 4. The van der Waals surface area contributed by atoms with E-state index in [-0.39, 0.29) is 18.6 Å². The molecule has 1 aromatic carbocycles. The van der Waals surface area contributed by atoms with Crippen LogP contribution in [0, 0.1) is 0 Å². The van der Waals surface area contributed by atoms with Crippen molar-refractivity contribution in [1.82, 2.24) is 20.4 Å². The number of hydrogen-bond donors (Lipinski definition) is 1. The first-order valence-electron chi connectivity index (χ1n) is 9.54. The molecule has 1 aromatic heterocycles. The number of carbonyl (C=O) groups excluding carboxylic acids is 1. The van der Waals surface area contributed by atoms with Gasteiger partial charge in [-0.2, -0.15) is 18.3 Å². The summed E-state index contributed by atoms with van der Waals surface area (Å²) in [6.07, 6.45) is -0.596. The number of aromatic nitrogens is 2. The van der Waals surface area contributed by atoms with E-state index in [0.717, 1.165) is 37.3 Å². The Kier molecular flexibility index (Phi) is 6.56. The summed E-state index contributed by atoms with van der Waals surface area (Å²) in [5.41, 5.74) is -0.140. The topological polar surface area (TPSA) is 61.4 Å². The minimum atomic E-state index is -4.37. The SMILES string of the molecule is CN(C(=O)NCCc1cccc(C(F)(F)F)c1)[C@@H]1CCCN(c2cccnn2)C1. The van der Waals surface area contributed by atoms with Crippen LogP contribution in [0.25, 0.3) is 0 Å². The molecule has 156 valence electrons. The van der Waals surface area contributed by atoms with Crippen LogP contribution in [0.1, 0.15) is 24.0 Å². The van der Waals surface area contributed by atoms with Crippen LogP contribution in [0.15, 0.2) is 42.6 Å². The van der Waals surface area contributed by atoms with Gasteiger partial charge in [0.05, 0.1) is 11.6 Å². The highest BCUT2D eigenvalue weighted by Crippen LogP contribution is 2.29. The highest BCUT2D eigenvalue weighted by molar-refractivity contribution is 5.74. The second-order valence-electron chi connectivity index (χ2n) is 7.11. The highest BCUT2D eigenvalue weighted by Gasteiger charge is 2.30. The summed E-state index contributed by atoms with van der Waals surface area (Å²) in [5, 5.41) is 10.8. The third kappa shape index (κ3) is 5.58. The number of amides is 2. The number of benzene rings is 1. The van der Waals surface area contributed by atoms with E-state index in [1.165, 1.54) is 6.07 Å². The van der Waals surface area contributed by atoms with E-state index in [1.807, 2.05) is 12.1 Å². The number of hydrogen-bond acceptors (Lipinski definition) is 4. The number of alkyl halides is 3. The number of urea groups is 1. The van der Waals surface area contributed by atoms with Crippen LogP contribution in [0.2, 0.25) is 0 Å². The van der Waals surface area contributed by atoms with Crippen LogP contribution >= 0.6 is 0 Å². The van der Waals surface area contributed by atoms with E-state index < -0.39 is 11.7 Å². The number of halogens is 3. The number of carbonyl (C=O) groups is 1. The van der Waals surface area contributed by atoms with Gasteiger partial charge < -0.3 is 15.1 Å². The van der Waals surface area contributed by atoms with E-state index >= 15 is 0 Å². The van der Waals surface area contributed by atoms with Gasteiger partial charge in [0.1, 0.15) is 0 Å². The first kappa shape index (κ1) is 20.9. The molecule has 0 radical (unpaired) electrons. The van der Waals surface area contributed by atoms with Crippen molar-refractivity contribution in [2.45, 2.75) is 31.5 Å². The van der Waals surface area contributed by atoms with Crippen molar-refractivity contribution >= 4 is 11.8 Å². The molecule has 29 heavy (non-hydrogen) atoms. The van der Waals surface area contributed by atoms with E-state index in [2.05, 4.69) is 20.4 Å². The lowest BCUT2D eigenvalue weighted by Gasteiger charge is -2.37. The highest BCUT2D eigenvalue weighted by atomic mass is 19.4. The quantitative estimate of drug-likeness (QED) is 0.826. The van der Waals surface area contributed by atoms with Crippen molar-refractivity contribution in [3.8, 4) is 0 Å². The molecule has 1 N–H and O–H groups in total. The zero-order chi connectivity index (χ0) is 20.9. The predicted octanol–water partition coefficient (Wildman–Crippen LogP) is 3.35. The fourth-order valence-corrected chi connectivity index (χ4v) is 3.45. The van der Waals surface area contributed by atoms with Crippen LogP contribution in [0.3, 0.4) is 0 Å². The van der Waals surface area contributed by atoms with Gasteiger partial charge in [-0.1, -0.05) is 18.2 Å². The number of anilines is 1. The molecule has 9 heteroatoms. The Morgan fingerprint density at radius 2 is 2.14 bits per heavy atom. The van der Waals surface area contributed by atoms with Crippen LogP contribution < -0.4 is 10.2 Å². The summed E-state index contributed by atoms with van der Waals surface area (Å²) < 4.78 is 38.4. The maximum atomic E-state index is 12.8. The first-order chi connectivity index (χ1) is 13.8. The Morgan fingerprint density at radius 1 is 1.31 bits per heavy atom. The van der Waals surface area contributed by atoms with Gasteiger partial charge in [0, 0.05) is 32.9 Å². The molecule has 3 rings (SSSR count). The molecular weight excluding hydrogens is 383 g/mol. The monoisotopic (exact) mass is 407 g/mol. The van der Waals surface area contributed by atoms with Crippen LogP contribution in [-0.4, -0.2) is 53.9 Å². The number of rotatable bonds is 5. The number of nitrogens with one attached hydrogen (secondary N) is 1. The maximum absolute atomic E-state index is 12.8. The maximum Gasteiger partial charge on any atom is 0.416 e. The average Bonchev–Trinajstić information content (AvgIpc) is 2.73. The molecule has 1 aliphatic rings. The zero-order valence-corrected chi connectivity index (χ0v) is 16.2. The predicted molar refractivity (Wildman–Crippen MR) is 104 cm³/mol. The molecule has 2 aromatic rings. The van der Waals surface area contributed by atoms with Crippen molar-refractivity contribution in [2.24, 2.45) is 0 Å². The molecule has 2 heterocycles. The second kappa shape index (κ2) is 9.11. The van der Waals surface area contributed by atoms with Crippen molar-refractivity contribution in [3.63, 3.8) is 0 Å². The number of piperidine rings is 1. The van der Waals surface area contributed by atoms with Gasteiger partial charge in [0.2, 0.25) is 0 Å². The summed E-state index contributed by atoms with van der Waals surface area (Å²) >= 11 is 0. The van der Waals surface area contributed by atoms with E-state index in [1.54, 1.807) is 24.2 Å². The van der Waals surface area contributed by atoms with E-state index in [9.17, 15) is 18.0 Å². The minimum Gasteiger partial charge on any atom is -0.353 e. The van der Waals surface area contributed by atoms with Crippen molar-refractivity contribution in [2.75, 3.05) is 31.6 Å². The van der Waals surface area contributed by atoms with Gasteiger partial charge in [-0.05, 0) is 43.0 Å². The minimum absolute atomic E-state index is 0.0271.